The molecule has 134 valence electrons. The Morgan fingerprint density at radius 2 is 1.56 bits per heavy atom. The van der Waals surface area contributed by atoms with Gasteiger partial charge in [0.25, 0.3) is 15.1 Å². The van der Waals surface area contributed by atoms with Crippen LogP contribution >= 0.6 is 0 Å². The maximum absolute atomic E-state index is 11.5. The van der Waals surface area contributed by atoms with Crippen LogP contribution in [0.2, 0.25) is 0 Å². The molecule has 2 N–H and O–H groups in total. The van der Waals surface area contributed by atoms with E-state index in [2.05, 4.69) is 4.74 Å². The van der Waals surface area contributed by atoms with Crippen LogP contribution in [-0.2, 0) is 25.0 Å². The van der Waals surface area contributed by atoms with Crippen LogP contribution in [0.1, 0.15) is 0 Å². The summed E-state index contributed by atoms with van der Waals surface area (Å²) in [5.74, 6) is 0.265. The summed E-state index contributed by atoms with van der Waals surface area (Å²) in [6, 6.07) is 15.8. The van der Waals surface area contributed by atoms with Gasteiger partial charge in [-0.25, -0.2) is 0 Å². The van der Waals surface area contributed by atoms with Gasteiger partial charge >= 0.3 is 10.1 Å². The van der Waals surface area contributed by atoms with E-state index in [0.29, 0.717) is 5.56 Å². The lowest BCUT2D eigenvalue weighted by Crippen LogP contribution is -2.36. The first-order valence-electron chi connectivity index (χ1n) is 7.03. The first-order valence-corrected chi connectivity index (χ1v) is 9.98. The SMILES string of the molecule is O=S(=O)(O)C1OC1(COc1ccccc1-c1ccccc1)S(=O)(=O)O. The van der Waals surface area contributed by atoms with Gasteiger partial charge in [0.05, 0.1) is 0 Å². The number of para-hydroxylation sites is 1. The summed E-state index contributed by atoms with van der Waals surface area (Å²) in [7, 11) is -9.79. The molecule has 1 aliphatic rings. The van der Waals surface area contributed by atoms with Crippen LogP contribution < -0.4 is 4.74 Å². The molecule has 0 spiro atoms. The van der Waals surface area contributed by atoms with Crippen molar-refractivity contribution in [1.82, 2.24) is 0 Å². The van der Waals surface area contributed by atoms with E-state index in [4.69, 9.17) is 9.29 Å². The lowest BCUT2D eigenvalue weighted by Gasteiger charge is -2.14. The van der Waals surface area contributed by atoms with Crippen molar-refractivity contribution in [3.05, 3.63) is 54.6 Å². The van der Waals surface area contributed by atoms with Crippen molar-refractivity contribution >= 4 is 20.2 Å². The Balaban J connectivity index is 1.90. The molecule has 1 heterocycles. The highest BCUT2D eigenvalue weighted by Crippen LogP contribution is 2.45. The maximum Gasteiger partial charge on any atom is 0.302 e. The predicted molar refractivity (Wildman–Crippen MR) is 88.1 cm³/mol. The average Bonchev–Trinajstić information content (AvgIpc) is 3.31. The third-order valence-corrected chi connectivity index (χ3v) is 6.18. The Kier molecular flexibility index (Phi) is 4.33. The minimum Gasteiger partial charge on any atom is -0.489 e. The average molecular weight is 386 g/mol. The van der Waals surface area contributed by atoms with Crippen molar-refractivity contribution in [2.24, 2.45) is 0 Å². The smallest absolute Gasteiger partial charge is 0.302 e. The van der Waals surface area contributed by atoms with Gasteiger partial charge < -0.3 is 9.47 Å². The Morgan fingerprint density at radius 3 is 2.12 bits per heavy atom. The van der Waals surface area contributed by atoms with Gasteiger partial charge in [-0.15, -0.1) is 0 Å². The van der Waals surface area contributed by atoms with Gasteiger partial charge in [-0.2, -0.15) is 16.8 Å². The molecule has 1 saturated heterocycles. The molecule has 1 fully saturated rings. The number of benzene rings is 2. The Labute approximate surface area is 144 Å². The van der Waals surface area contributed by atoms with E-state index in [1.54, 1.807) is 24.3 Å². The summed E-state index contributed by atoms with van der Waals surface area (Å²) < 4.78 is 73.7. The largest absolute Gasteiger partial charge is 0.489 e. The van der Waals surface area contributed by atoms with Gasteiger partial charge in [-0.3, -0.25) is 9.11 Å². The molecule has 8 nitrogen and oxygen atoms in total. The highest BCUT2D eigenvalue weighted by molar-refractivity contribution is 7.91. The first-order chi connectivity index (χ1) is 11.7. The van der Waals surface area contributed by atoms with Crippen molar-refractivity contribution < 1.29 is 35.4 Å². The van der Waals surface area contributed by atoms with Gasteiger partial charge in [0.2, 0.25) is 5.44 Å². The molecule has 25 heavy (non-hydrogen) atoms. The normalized spacial score (nSPS) is 23.2. The molecule has 2 unspecified atom stereocenters. The van der Waals surface area contributed by atoms with E-state index in [1.165, 1.54) is 0 Å². The van der Waals surface area contributed by atoms with Crippen molar-refractivity contribution in [3.63, 3.8) is 0 Å². The van der Waals surface area contributed by atoms with Gasteiger partial charge in [0.15, 0.2) is 0 Å². The van der Waals surface area contributed by atoms with Crippen molar-refractivity contribution in [2.75, 3.05) is 6.61 Å². The molecule has 0 bridgehead atoms. The summed E-state index contributed by atoms with van der Waals surface area (Å²) in [6.45, 7) is -0.805. The summed E-state index contributed by atoms with van der Waals surface area (Å²) in [5, 5.41) is 0. The third-order valence-electron chi connectivity index (χ3n) is 3.72. The zero-order valence-electron chi connectivity index (χ0n) is 12.6. The van der Waals surface area contributed by atoms with Crippen LogP contribution in [0, 0.1) is 0 Å². The minimum atomic E-state index is -4.96. The first kappa shape index (κ1) is 17.8. The lowest BCUT2D eigenvalue weighted by molar-refractivity contribution is 0.228. The molecule has 0 radical (unpaired) electrons. The zero-order chi connectivity index (χ0) is 18.3. The molecular weight excluding hydrogens is 372 g/mol. The Bertz CT molecular complexity index is 985. The van der Waals surface area contributed by atoms with Gasteiger partial charge in [0, 0.05) is 5.56 Å². The fraction of sp³-hybridized carbons (Fsp3) is 0.200. The van der Waals surface area contributed by atoms with Crippen LogP contribution in [0.25, 0.3) is 11.1 Å². The van der Waals surface area contributed by atoms with Crippen LogP contribution in [0.5, 0.6) is 5.75 Å². The van der Waals surface area contributed by atoms with Gasteiger partial charge in [-0.05, 0) is 11.6 Å². The Morgan fingerprint density at radius 1 is 0.960 bits per heavy atom. The van der Waals surface area contributed by atoms with E-state index in [1.807, 2.05) is 30.3 Å². The second-order valence-corrected chi connectivity index (χ2v) is 8.50. The summed E-state index contributed by atoms with van der Waals surface area (Å²) in [5.41, 5.74) is -0.668. The molecule has 0 saturated carbocycles. The number of hydrogen-bond acceptors (Lipinski definition) is 6. The molecule has 0 amide bonds. The molecule has 3 rings (SSSR count). The van der Waals surface area contributed by atoms with Crippen LogP contribution in [0.15, 0.2) is 54.6 Å². The van der Waals surface area contributed by atoms with Crippen molar-refractivity contribution in [1.29, 1.82) is 0 Å². The second-order valence-electron chi connectivity index (χ2n) is 5.40. The summed E-state index contributed by atoms with van der Waals surface area (Å²) >= 11 is 0. The van der Waals surface area contributed by atoms with E-state index in [9.17, 15) is 21.4 Å². The molecule has 2 atom stereocenters. The van der Waals surface area contributed by atoms with E-state index in [0.717, 1.165) is 5.56 Å². The fourth-order valence-corrected chi connectivity index (χ4v) is 4.70. The zero-order valence-corrected chi connectivity index (χ0v) is 14.3. The van der Waals surface area contributed by atoms with Gasteiger partial charge in [0.1, 0.15) is 12.4 Å². The lowest BCUT2D eigenvalue weighted by atomic mass is 10.1. The predicted octanol–water partition coefficient (Wildman–Crippen LogP) is 1.56. The molecule has 10 heteroatoms. The number of rotatable bonds is 6. The van der Waals surface area contributed by atoms with E-state index >= 15 is 0 Å². The second kappa shape index (κ2) is 6.07. The Hall–Kier alpha value is -1.98. The molecule has 0 aliphatic carbocycles. The number of epoxide rings is 1. The monoisotopic (exact) mass is 386 g/mol. The highest BCUT2D eigenvalue weighted by Gasteiger charge is 2.73. The fourth-order valence-electron chi connectivity index (χ4n) is 2.42. The van der Waals surface area contributed by atoms with E-state index in [-0.39, 0.29) is 5.75 Å². The quantitative estimate of drug-likeness (QED) is 0.565. The van der Waals surface area contributed by atoms with Crippen LogP contribution in [-0.4, -0.2) is 42.9 Å². The summed E-state index contributed by atoms with van der Waals surface area (Å²) in [4.78, 5) is -2.55. The highest BCUT2D eigenvalue weighted by atomic mass is 32.2. The minimum absolute atomic E-state index is 0.265. The summed E-state index contributed by atoms with van der Waals surface area (Å²) in [6.07, 6.45) is 0. The van der Waals surface area contributed by atoms with Crippen LogP contribution in [0.4, 0.5) is 0 Å². The van der Waals surface area contributed by atoms with Crippen LogP contribution in [0.3, 0.4) is 0 Å². The molecule has 1 aliphatic heterocycles. The molecule has 0 aromatic heterocycles. The van der Waals surface area contributed by atoms with Crippen molar-refractivity contribution in [3.8, 4) is 16.9 Å². The third kappa shape index (κ3) is 3.39. The molecule has 2 aromatic rings. The standard InChI is InChI=1S/C15H14O8S2/c16-24(17,18)14-15(23-14,25(19,20)21)10-22-13-9-5-4-8-12(13)11-6-2-1-3-7-11/h1-9,14H,10H2,(H,16,17,18)(H,19,20,21). The number of ether oxygens (including phenoxy) is 2. The van der Waals surface area contributed by atoms with E-state index < -0.39 is 37.2 Å². The molecular formula is C15H14O8S2. The maximum atomic E-state index is 11.5. The van der Waals surface area contributed by atoms with Crippen molar-refractivity contribution in [2.45, 2.75) is 10.4 Å². The molecule has 2 aromatic carbocycles. The van der Waals surface area contributed by atoms with Gasteiger partial charge in [-0.1, -0.05) is 48.5 Å². The number of hydrogen-bond donors (Lipinski definition) is 2. The topological polar surface area (TPSA) is 130 Å².